The molecule has 0 fully saturated rings. The first-order valence-corrected chi connectivity index (χ1v) is 33.9. The molecule has 0 saturated heterocycles. The molecule has 3 atom stereocenters. The number of phosphoric acid groups is 1. The molecule has 0 rings (SSSR count). The van der Waals surface area contributed by atoms with Gasteiger partial charge in [0.15, 0.2) is 0 Å². The van der Waals surface area contributed by atoms with Crippen LogP contribution in [0.25, 0.3) is 0 Å². The zero-order valence-electron chi connectivity index (χ0n) is 51.6. The van der Waals surface area contributed by atoms with Crippen LogP contribution < -0.4 is 10.2 Å². The number of carbonyl (C=O) groups excluding carboxylic acids is 2. The minimum Gasteiger partial charge on any atom is -0.756 e. The van der Waals surface area contributed by atoms with Crippen molar-refractivity contribution < 1.29 is 37.3 Å². The van der Waals surface area contributed by atoms with Crippen molar-refractivity contribution in [3.8, 4) is 0 Å². The maximum absolute atomic E-state index is 13.6. The van der Waals surface area contributed by atoms with Crippen LogP contribution in [0.5, 0.6) is 0 Å². The normalized spacial score (nSPS) is 14.2. The number of hydrogen-bond acceptors (Lipinski definition) is 7. The van der Waals surface area contributed by atoms with Crippen molar-refractivity contribution in [2.75, 3.05) is 40.9 Å². The van der Waals surface area contributed by atoms with E-state index in [0.29, 0.717) is 17.4 Å². The number of hydrogen-bond donors (Lipinski definition) is 1. The highest BCUT2D eigenvalue weighted by Gasteiger charge is 2.27. The van der Waals surface area contributed by atoms with Gasteiger partial charge in [-0.2, -0.15) is 0 Å². The van der Waals surface area contributed by atoms with Crippen molar-refractivity contribution in [2.45, 2.75) is 296 Å². The molecule has 10 heteroatoms. The molecular formula is C68H123N2O7P. The van der Waals surface area contributed by atoms with Gasteiger partial charge in [0.1, 0.15) is 19.3 Å². The SMILES string of the molecule is CC/C=C\C/C=C\C/C=C\C/C=C\C/C=C\CCCCCCCCCCCC(=O)NC(COP(=O)([O-])OCC[N+](C)(C)C)C(/C=C\CCCCCCCCCCCC)OC(=O)CCCCCCCCC/C=C\CCCCCC. The molecule has 9 nitrogen and oxygen atoms in total. The first-order valence-electron chi connectivity index (χ1n) is 32.4. The predicted molar refractivity (Wildman–Crippen MR) is 335 cm³/mol. The summed E-state index contributed by atoms with van der Waals surface area (Å²) in [7, 11) is 1.17. The van der Waals surface area contributed by atoms with Crippen molar-refractivity contribution in [1.29, 1.82) is 0 Å². The molecule has 0 heterocycles. The van der Waals surface area contributed by atoms with Crippen LogP contribution in [0.2, 0.25) is 0 Å². The summed E-state index contributed by atoms with van der Waals surface area (Å²) in [5.41, 5.74) is 0. The molecule has 0 aromatic carbocycles. The smallest absolute Gasteiger partial charge is 0.306 e. The van der Waals surface area contributed by atoms with Crippen LogP contribution in [0.4, 0.5) is 0 Å². The molecule has 1 amide bonds. The van der Waals surface area contributed by atoms with Crippen LogP contribution in [0.15, 0.2) is 85.1 Å². The summed E-state index contributed by atoms with van der Waals surface area (Å²) in [6.45, 7) is 6.72. The molecule has 0 aliphatic rings. The fourth-order valence-corrected chi connectivity index (χ4v) is 9.80. The van der Waals surface area contributed by atoms with E-state index in [4.69, 9.17) is 13.8 Å². The van der Waals surface area contributed by atoms with E-state index in [9.17, 15) is 19.0 Å². The maximum Gasteiger partial charge on any atom is 0.306 e. The summed E-state index contributed by atoms with van der Waals surface area (Å²) >= 11 is 0. The third-order valence-corrected chi connectivity index (χ3v) is 15.0. The highest BCUT2D eigenvalue weighted by atomic mass is 31.2. The Bertz CT molecular complexity index is 1610. The lowest BCUT2D eigenvalue weighted by Crippen LogP contribution is -2.47. The summed E-state index contributed by atoms with van der Waals surface area (Å²) in [6.07, 6.45) is 75.5. The van der Waals surface area contributed by atoms with Crippen LogP contribution in [-0.4, -0.2) is 69.4 Å². The molecule has 0 aliphatic carbocycles. The molecular weight excluding hydrogens is 988 g/mol. The lowest BCUT2D eigenvalue weighted by Gasteiger charge is -2.30. The number of carbonyl (C=O) groups is 2. The summed E-state index contributed by atoms with van der Waals surface area (Å²) in [5, 5.41) is 3.03. The summed E-state index contributed by atoms with van der Waals surface area (Å²) in [4.78, 5) is 40.0. The number of amides is 1. The van der Waals surface area contributed by atoms with E-state index in [-0.39, 0.29) is 24.9 Å². The average molecular weight is 1110 g/mol. The van der Waals surface area contributed by atoms with Crippen molar-refractivity contribution in [1.82, 2.24) is 5.32 Å². The molecule has 0 aliphatic heterocycles. The van der Waals surface area contributed by atoms with E-state index in [1.165, 1.54) is 135 Å². The number of quaternary nitrogens is 1. The zero-order chi connectivity index (χ0) is 57.2. The van der Waals surface area contributed by atoms with Crippen LogP contribution >= 0.6 is 7.82 Å². The molecule has 0 spiro atoms. The lowest BCUT2D eigenvalue weighted by atomic mass is 10.0. The largest absolute Gasteiger partial charge is 0.756 e. The Labute approximate surface area is 482 Å². The van der Waals surface area contributed by atoms with Gasteiger partial charge in [0, 0.05) is 12.8 Å². The Morgan fingerprint density at radius 1 is 0.462 bits per heavy atom. The molecule has 78 heavy (non-hydrogen) atoms. The Hall–Kier alpha value is -2.81. The van der Waals surface area contributed by atoms with Crippen molar-refractivity contribution in [2.24, 2.45) is 0 Å². The van der Waals surface area contributed by atoms with Gasteiger partial charge >= 0.3 is 5.97 Å². The van der Waals surface area contributed by atoms with Crippen molar-refractivity contribution in [3.05, 3.63) is 85.1 Å². The zero-order valence-corrected chi connectivity index (χ0v) is 52.5. The Balaban J connectivity index is 5.15. The van der Waals surface area contributed by atoms with Gasteiger partial charge in [-0.1, -0.05) is 254 Å². The fraction of sp³-hybridized carbons (Fsp3) is 0.765. The minimum absolute atomic E-state index is 0.0269. The van der Waals surface area contributed by atoms with E-state index >= 15 is 0 Å². The predicted octanol–water partition coefficient (Wildman–Crippen LogP) is 19.5. The third kappa shape index (κ3) is 57.9. The monoisotopic (exact) mass is 1110 g/mol. The number of rotatable bonds is 58. The van der Waals surface area contributed by atoms with Gasteiger partial charge in [-0.25, -0.2) is 0 Å². The number of unbranched alkanes of at least 4 members (excludes halogenated alkanes) is 30. The van der Waals surface area contributed by atoms with Gasteiger partial charge < -0.3 is 28.5 Å². The summed E-state index contributed by atoms with van der Waals surface area (Å²) in [6, 6.07) is -0.897. The third-order valence-electron chi connectivity index (χ3n) is 14.1. The van der Waals surface area contributed by atoms with Gasteiger partial charge in [0.2, 0.25) is 5.91 Å². The van der Waals surface area contributed by atoms with E-state index in [1.807, 2.05) is 33.3 Å². The van der Waals surface area contributed by atoms with Crippen molar-refractivity contribution in [3.63, 3.8) is 0 Å². The maximum atomic E-state index is 13.6. The number of ether oxygens (including phenoxy) is 1. The summed E-state index contributed by atoms with van der Waals surface area (Å²) < 4.78 is 30.3. The van der Waals surface area contributed by atoms with E-state index < -0.39 is 26.6 Å². The Kier molecular flexibility index (Phi) is 55.4. The topological polar surface area (TPSA) is 114 Å². The van der Waals surface area contributed by atoms with Gasteiger partial charge in [-0.05, 0) is 102 Å². The number of allylic oxidation sites excluding steroid dienone is 13. The first kappa shape index (κ1) is 75.2. The lowest BCUT2D eigenvalue weighted by molar-refractivity contribution is -0.870. The molecule has 0 bridgehead atoms. The molecule has 0 aromatic rings. The van der Waals surface area contributed by atoms with E-state index in [0.717, 1.165) is 116 Å². The van der Waals surface area contributed by atoms with Crippen molar-refractivity contribution >= 4 is 19.7 Å². The number of esters is 1. The number of phosphoric ester groups is 1. The molecule has 0 saturated carbocycles. The second-order valence-electron chi connectivity index (χ2n) is 22.9. The number of nitrogens with one attached hydrogen (secondary N) is 1. The standard InChI is InChI=1S/C68H123N2O7P/c1-7-10-13-16-19-22-25-28-30-31-32-33-34-35-36-37-38-39-41-42-45-48-51-54-57-60-67(71)69-65(64-76-78(73,74)75-63-62-70(4,5)6)66(59-56-53-50-47-44-27-24-21-18-15-12-9-3)77-68(72)61-58-55-52-49-46-43-40-29-26-23-20-17-14-11-8-2/h10,13,19,22-23,26,28,30,32-33,35-36,56,59,65-66H,7-9,11-12,14-18,20-21,24-25,27,29,31,34,37-55,57-58,60-64H2,1-6H3,(H-,69,71,73,74)/b13-10-,22-19-,26-23-,30-28-,33-32-,36-35-,59-56-. The second kappa shape index (κ2) is 57.4. The molecule has 3 unspecified atom stereocenters. The van der Waals surface area contributed by atoms with Gasteiger partial charge in [0.25, 0.3) is 7.82 Å². The van der Waals surface area contributed by atoms with Gasteiger partial charge in [-0.15, -0.1) is 0 Å². The molecule has 0 radical (unpaired) electrons. The van der Waals surface area contributed by atoms with Gasteiger partial charge in [0.05, 0.1) is 33.8 Å². The Morgan fingerprint density at radius 2 is 0.821 bits per heavy atom. The Morgan fingerprint density at radius 3 is 1.26 bits per heavy atom. The second-order valence-corrected chi connectivity index (χ2v) is 24.3. The quantitative estimate of drug-likeness (QED) is 0.0212. The summed E-state index contributed by atoms with van der Waals surface area (Å²) in [5.74, 6) is -0.551. The molecule has 1 N–H and O–H groups in total. The highest BCUT2D eigenvalue weighted by Crippen LogP contribution is 2.38. The van der Waals surface area contributed by atoms with E-state index in [1.54, 1.807) is 0 Å². The van der Waals surface area contributed by atoms with Crippen LogP contribution in [0, 0.1) is 0 Å². The fourth-order valence-electron chi connectivity index (χ4n) is 9.07. The average Bonchev–Trinajstić information content (AvgIpc) is 3.40. The van der Waals surface area contributed by atoms with Gasteiger partial charge in [-0.3, -0.25) is 14.2 Å². The molecule has 452 valence electrons. The highest BCUT2D eigenvalue weighted by molar-refractivity contribution is 7.45. The first-order chi connectivity index (χ1) is 37.9. The van der Waals surface area contributed by atoms with Crippen LogP contribution in [-0.2, 0) is 27.9 Å². The van der Waals surface area contributed by atoms with Crippen LogP contribution in [0.1, 0.15) is 284 Å². The number of nitrogens with zero attached hydrogens (tertiary/aromatic N) is 1. The molecule has 0 aromatic heterocycles. The minimum atomic E-state index is -4.70. The van der Waals surface area contributed by atoms with Crippen LogP contribution in [0.3, 0.4) is 0 Å². The number of likely N-dealkylation sites (N-methyl/N-ethyl adjacent to an activating group) is 1. The van der Waals surface area contributed by atoms with E-state index in [2.05, 4.69) is 99.0 Å².